The Morgan fingerprint density at radius 1 is 1.05 bits per heavy atom. The van der Waals surface area contributed by atoms with Crippen molar-refractivity contribution in [3.05, 3.63) is 76.1 Å². The van der Waals surface area contributed by atoms with Gasteiger partial charge in [0.2, 0.25) is 0 Å². The van der Waals surface area contributed by atoms with Crippen LogP contribution in [0.15, 0.2) is 42.5 Å². The van der Waals surface area contributed by atoms with Crippen LogP contribution in [0.5, 0.6) is 17.2 Å². The van der Waals surface area contributed by atoms with Gasteiger partial charge in [0.1, 0.15) is 29.2 Å². The van der Waals surface area contributed by atoms with Gasteiger partial charge >= 0.3 is 5.97 Å². The van der Waals surface area contributed by atoms with Crippen LogP contribution >= 0.6 is 0 Å². The molecule has 1 aliphatic carbocycles. The van der Waals surface area contributed by atoms with Crippen molar-refractivity contribution >= 4 is 5.97 Å². The quantitative estimate of drug-likeness (QED) is 0.261. The van der Waals surface area contributed by atoms with Crippen molar-refractivity contribution in [2.45, 2.75) is 84.8 Å². The summed E-state index contributed by atoms with van der Waals surface area (Å²) < 4.78 is 38.0. The van der Waals surface area contributed by atoms with E-state index < -0.39 is 5.60 Å². The number of benzene rings is 3. The molecule has 5 rings (SSSR count). The Balaban J connectivity index is 0.00000198. The van der Waals surface area contributed by atoms with E-state index in [4.69, 9.17) is 18.9 Å². The minimum Gasteiger partial charge on any atom is -0.493 e. The number of carbonyl (C=O) groups is 1. The molecule has 1 heterocycles. The van der Waals surface area contributed by atoms with Crippen LogP contribution in [0.1, 0.15) is 86.8 Å². The second kappa shape index (κ2) is 13.2. The maximum absolute atomic E-state index is 15.0. The Labute approximate surface area is 248 Å². The third-order valence-electron chi connectivity index (χ3n) is 7.79. The van der Waals surface area contributed by atoms with E-state index in [1.807, 2.05) is 58.0 Å². The molecule has 0 bridgehead atoms. The summed E-state index contributed by atoms with van der Waals surface area (Å²) in [6.45, 7) is 12.4. The molecule has 1 N–H and O–H groups in total. The van der Waals surface area contributed by atoms with Gasteiger partial charge in [0.15, 0.2) is 0 Å². The van der Waals surface area contributed by atoms with Crippen LogP contribution in [-0.4, -0.2) is 37.0 Å². The largest absolute Gasteiger partial charge is 0.493 e. The lowest BCUT2D eigenvalue weighted by molar-refractivity contribution is -0.141. The first-order valence-electron chi connectivity index (χ1n) is 14.8. The van der Waals surface area contributed by atoms with Crippen molar-refractivity contribution in [3.63, 3.8) is 0 Å². The summed E-state index contributed by atoms with van der Waals surface area (Å²) in [5, 5.41) is 9.97. The molecule has 42 heavy (non-hydrogen) atoms. The van der Waals surface area contributed by atoms with Gasteiger partial charge in [-0.3, -0.25) is 4.79 Å². The Bertz CT molecular complexity index is 1400. The third-order valence-corrected chi connectivity index (χ3v) is 7.79. The summed E-state index contributed by atoms with van der Waals surface area (Å²) in [5.74, 6) is 1.51. The number of rotatable bonds is 9. The minimum atomic E-state index is -0.787. The number of aliphatic hydroxyl groups is 1. The first-order chi connectivity index (χ1) is 20.0. The average Bonchev–Trinajstić information content (AvgIpc) is 3.52. The average molecular weight is 579 g/mol. The number of hydrogen-bond acceptors (Lipinski definition) is 6. The SMILES string of the molecule is CC.COC(=O)C[C@@H]1COc2cc(O[C@@H]3CCc4c(-c5c(C)cc(OCCC(C)(C)O)cc5C)cc(F)cc43)ccc21. The van der Waals surface area contributed by atoms with Crippen LogP contribution in [0.25, 0.3) is 11.1 Å². The number of esters is 1. The molecule has 0 unspecified atom stereocenters. The number of fused-ring (bicyclic) bond motifs is 2. The van der Waals surface area contributed by atoms with Crippen molar-refractivity contribution in [1.29, 1.82) is 0 Å². The predicted molar refractivity (Wildman–Crippen MR) is 162 cm³/mol. The molecule has 3 aromatic rings. The summed E-state index contributed by atoms with van der Waals surface area (Å²) >= 11 is 0. The zero-order valence-corrected chi connectivity index (χ0v) is 25.8. The van der Waals surface area contributed by atoms with Crippen LogP contribution in [0.3, 0.4) is 0 Å². The molecule has 0 saturated carbocycles. The van der Waals surface area contributed by atoms with Crippen molar-refractivity contribution in [3.8, 4) is 28.4 Å². The van der Waals surface area contributed by atoms with Gasteiger partial charge in [-0.2, -0.15) is 0 Å². The lowest BCUT2D eigenvalue weighted by atomic mass is 9.90. The van der Waals surface area contributed by atoms with E-state index in [0.29, 0.717) is 31.1 Å². The van der Waals surface area contributed by atoms with Gasteiger partial charge in [-0.1, -0.05) is 19.9 Å². The molecule has 226 valence electrons. The molecule has 2 aliphatic rings. The first-order valence-corrected chi connectivity index (χ1v) is 14.8. The summed E-state index contributed by atoms with van der Waals surface area (Å²) in [6.07, 6.45) is 2.04. The zero-order chi connectivity index (χ0) is 30.6. The molecule has 0 saturated heterocycles. The fraction of sp³-hybridized carbons (Fsp3) is 0.457. The van der Waals surface area contributed by atoms with Crippen LogP contribution in [0.4, 0.5) is 4.39 Å². The minimum absolute atomic E-state index is 0.0369. The topological polar surface area (TPSA) is 74.2 Å². The molecule has 0 radical (unpaired) electrons. The molecule has 7 heteroatoms. The molecule has 0 aromatic heterocycles. The number of ether oxygens (including phenoxy) is 4. The van der Waals surface area contributed by atoms with Crippen molar-refractivity contribution in [2.75, 3.05) is 20.3 Å². The van der Waals surface area contributed by atoms with Crippen molar-refractivity contribution < 1.29 is 33.2 Å². The van der Waals surface area contributed by atoms with E-state index in [0.717, 1.165) is 57.5 Å². The van der Waals surface area contributed by atoms with E-state index >= 15 is 4.39 Å². The fourth-order valence-corrected chi connectivity index (χ4v) is 5.80. The van der Waals surface area contributed by atoms with Gasteiger partial charge in [-0.05, 0) is 104 Å². The maximum Gasteiger partial charge on any atom is 0.306 e. The molecular formula is C35H43FO6. The van der Waals surface area contributed by atoms with E-state index in [9.17, 15) is 9.90 Å². The Morgan fingerprint density at radius 3 is 2.43 bits per heavy atom. The van der Waals surface area contributed by atoms with Crippen LogP contribution in [-0.2, 0) is 16.0 Å². The molecule has 3 aromatic carbocycles. The summed E-state index contributed by atoms with van der Waals surface area (Å²) in [6, 6.07) is 12.9. The lowest BCUT2D eigenvalue weighted by Crippen LogP contribution is -2.21. The Hall–Kier alpha value is -3.58. The van der Waals surface area contributed by atoms with Crippen molar-refractivity contribution in [2.24, 2.45) is 0 Å². The highest BCUT2D eigenvalue weighted by atomic mass is 19.1. The van der Waals surface area contributed by atoms with E-state index in [1.54, 1.807) is 26.0 Å². The van der Waals surface area contributed by atoms with Crippen LogP contribution in [0, 0.1) is 19.7 Å². The van der Waals surface area contributed by atoms with Crippen molar-refractivity contribution in [1.82, 2.24) is 0 Å². The van der Waals surface area contributed by atoms with Gasteiger partial charge in [-0.15, -0.1) is 0 Å². The van der Waals surface area contributed by atoms with Crippen LogP contribution < -0.4 is 14.2 Å². The molecule has 0 amide bonds. The predicted octanol–water partition coefficient (Wildman–Crippen LogP) is 7.78. The normalized spacial score (nSPS) is 17.0. The highest BCUT2D eigenvalue weighted by molar-refractivity contribution is 5.76. The van der Waals surface area contributed by atoms with E-state index in [1.165, 1.54) is 7.11 Å². The van der Waals surface area contributed by atoms with E-state index in [-0.39, 0.29) is 30.2 Å². The fourth-order valence-electron chi connectivity index (χ4n) is 5.80. The third kappa shape index (κ3) is 7.06. The standard InChI is InChI=1S/C33H37FO6.C2H6/c1-19-12-24(38-11-10-33(3,4)36)13-20(2)32(19)28-16-22(34)15-27-26(28)8-9-29(27)40-23-6-7-25-21(14-31(35)37-5)18-39-30(25)17-23;1-2/h6-7,12-13,15-17,21,29,36H,8-11,14,18H2,1-5H3;1-2H3/t21-,29-;/m1./s1. The van der Waals surface area contributed by atoms with Gasteiger partial charge < -0.3 is 24.1 Å². The maximum atomic E-state index is 15.0. The van der Waals surface area contributed by atoms with Gasteiger partial charge in [0.25, 0.3) is 0 Å². The second-order valence-corrected chi connectivity index (χ2v) is 11.5. The molecule has 1 aliphatic heterocycles. The highest BCUT2D eigenvalue weighted by Crippen LogP contribution is 2.44. The molecule has 6 nitrogen and oxygen atoms in total. The monoisotopic (exact) mass is 578 g/mol. The molecule has 0 spiro atoms. The smallest absolute Gasteiger partial charge is 0.306 e. The number of carbonyl (C=O) groups excluding carboxylic acids is 1. The molecular weight excluding hydrogens is 535 g/mol. The Morgan fingerprint density at radius 2 is 1.76 bits per heavy atom. The van der Waals surface area contributed by atoms with Gasteiger partial charge in [-0.25, -0.2) is 4.39 Å². The lowest BCUT2D eigenvalue weighted by Gasteiger charge is -2.20. The van der Waals surface area contributed by atoms with E-state index in [2.05, 4.69) is 0 Å². The highest BCUT2D eigenvalue weighted by Gasteiger charge is 2.31. The molecule has 0 fully saturated rings. The summed E-state index contributed by atoms with van der Waals surface area (Å²) in [7, 11) is 1.39. The number of halogens is 1. The summed E-state index contributed by atoms with van der Waals surface area (Å²) in [4.78, 5) is 11.7. The zero-order valence-electron chi connectivity index (χ0n) is 25.8. The second-order valence-electron chi connectivity index (χ2n) is 11.5. The van der Waals surface area contributed by atoms with Gasteiger partial charge in [0, 0.05) is 24.0 Å². The summed E-state index contributed by atoms with van der Waals surface area (Å²) in [5.41, 5.74) is 6.06. The number of aryl methyl sites for hydroxylation is 2. The van der Waals surface area contributed by atoms with Gasteiger partial charge in [0.05, 0.1) is 32.3 Å². The number of methoxy groups -OCH3 is 1. The Kier molecular flexibility index (Phi) is 9.82. The first kappa shape index (κ1) is 31.4. The molecule has 2 atom stereocenters. The number of hydrogen-bond donors (Lipinski definition) is 1. The van der Waals surface area contributed by atoms with Crippen LogP contribution in [0.2, 0.25) is 0 Å².